The molecule has 2 rings (SSSR count). The van der Waals surface area contributed by atoms with Gasteiger partial charge >= 0.3 is 0 Å². The van der Waals surface area contributed by atoms with E-state index in [1.165, 1.54) is 24.3 Å². The van der Waals surface area contributed by atoms with E-state index in [0.29, 0.717) is 0 Å². The highest BCUT2D eigenvalue weighted by Gasteiger charge is 2.11. The first-order valence-electron chi connectivity index (χ1n) is 10.2. The van der Waals surface area contributed by atoms with Crippen LogP contribution in [0.3, 0.4) is 0 Å². The smallest absolute Gasteiger partial charge is 0.157 e. The average molecular weight is 394 g/mol. The van der Waals surface area contributed by atoms with E-state index in [9.17, 15) is 19.8 Å². The fraction of sp³-hybridized carbons (Fsp3) is 0.300. The maximum absolute atomic E-state index is 11.1. The third-order valence-corrected chi connectivity index (χ3v) is 3.46. The highest BCUT2D eigenvalue weighted by molar-refractivity contribution is 5.81. The maximum atomic E-state index is 11.1. The number of phenolic OH excluding ortho intramolecular Hbond substituents is 4. The fourth-order valence-electron chi connectivity index (χ4n) is 1.82. The number of ketones is 2. The summed E-state index contributed by atoms with van der Waals surface area (Å²) in [5, 5.41) is 36.6. The number of aromatic hydroxyl groups is 4. The zero-order valence-electron chi connectivity index (χ0n) is 19.4. The van der Waals surface area contributed by atoms with Crippen molar-refractivity contribution in [2.75, 3.05) is 0 Å². The Hall–Kier alpha value is -3.10. The van der Waals surface area contributed by atoms with Crippen molar-refractivity contribution in [1.82, 2.24) is 0 Å². The summed E-state index contributed by atoms with van der Waals surface area (Å²) >= 11 is 0. The van der Waals surface area contributed by atoms with E-state index in [1.807, 2.05) is 0 Å². The lowest BCUT2D eigenvalue weighted by Crippen LogP contribution is -2.30. The van der Waals surface area contributed by atoms with Crippen molar-refractivity contribution in [3.05, 3.63) is 47.5 Å². The van der Waals surface area contributed by atoms with Crippen molar-refractivity contribution >= 4 is 11.6 Å². The molecule has 2 aromatic carbocycles. The van der Waals surface area contributed by atoms with E-state index in [-0.39, 0.29) is 22.6 Å². The second kappa shape index (κ2) is 10.3. The Kier molecular flexibility index (Phi) is 6.26. The zero-order valence-corrected chi connectivity index (χ0v) is 15.4. The molecule has 0 saturated heterocycles. The Morgan fingerprint density at radius 1 is 0.821 bits per heavy atom. The summed E-state index contributed by atoms with van der Waals surface area (Å²) in [6, 6.07) is 3.15. The van der Waals surface area contributed by atoms with Crippen LogP contribution in [0.5, 0.6) is 23.0 Å². The van der Waals surface area contributed by atoms with Crippen LogP contribution in [0.4, 0.5) is 0 Å². The van der Waals surface area contributed by atoms with Gasteiger partial charge in [0.05, 0.1) is 14.8 Å². The molecule has 8 nitrogen and oxygen atoms in total. The summed E-state index contributed by atoms with van der Waals surface area (Å²) in [5.41, 5.74) is 11.2. The predicted molar refractivity (Wildman–Crippen MR) is 104 cm³/mol. The summed E-state index contributed by atoms with van der Waals surface area (Å²) in [6.45, 7) is 2.27. The fourth-order valence-corrected chi connectivity index (χ4v) is 1.82. The molecule has 0 aliphatic carbocycles. The number of Topliss-reactive ketones (excluding diaryl/α,β-unsaturated/α-hetero) is 2. The molecule has 0 bridgehead atoms. The largest absolute Gasteiger partial charge is 0.504 e. The van der Waals surface area contributed by atoms with Crippen LogP contribution < -0.4 is 11.5 Å². The molecule has 0 amide bonds. The monoisotopic (exact) mass is 394 g/mol. The Bertz CT molecular complexity index is 921. The van der Waals surface area contributed by atoms with Gasteiger partial charge in [-0.2, -0.15) is 0 Å². The van der Waals surface area contributed by atoms with Crippen molar-refractivity contribution in [3.63, 3.8) is 0 Å². The van der Waals surface area contributed by atoms with Crippen LogP contribution in [0.1, 0.15) is 30.5 Å². The van der Waals surface area contributed by atoms with E-state index in [0.717, 1.165) is 26.0 Å². The first-order valence-corrected chi connectivity index (χ1v) is 8.01. The van der Waals surface area contributed by atoms with Crippen LogP contribution in [0.15, 0.2) is 36.4 Å². The lowest BCUT2D eigenvalue weighted by molar-refractivity contribution is -0.119. The van der Waals surface area contributed by atoms with E-state index in [4.69, 9.17) is 27.2 Å². The maximum Gasteiger partial charge on any atom is 0.157 e. The van der Waals surface area contributed by atoms with Crippen LogP contribution in [0, 0.1) is 0 Å². The van der Waals surface area contributed by atoms with Gasteiger partial charge in [-0.1, -0.05) is 12.1 Å². The molecule has 4 atom stereocenters. The van der Waals surface area contributed by atoms with Gasteiger partial charge in [0.2, 0.25) is 0 Å². The van der Waals surface area contributed by atoms with Crippen molar-refractivity contribution < 1.29 is 35.5 Å². The van der Waals surface area contributed by atoms with E-state index >= 15 is 0 Å². The van der Waals surface area contributed by atoms with Crippen molar-refractivity contribution in [1.29, 1.82) is 0 Å². The Labute approximate surface area is 168 Å². The molecule has 28 heavy (non-hydrogen) atoms. The summed E-state index contributed by atoms with van der Waals surface area (Å²) in [6.07, 6.45) is -2.65. The molecule has 2 aromatic rings. The van der Waals surface area contributed by atoms with Gasteiger partial charge in [0.25, 0.3) is 0 Å². The molecular weight excluding hydrogens is 364 g/mol. The first-order chi connectivity index (χ1) is 14.5. The van der Waals surface area contributed by atoms with Crippen molar-refractivity contribution in [2.24, 2.45) is 11.5 Å². The zero-order chi connectivity index (χ0) is 25.0. The third kappa shape index (κ3) is 7.26. The molecule has 8 heteroatoms. The van der Waals surface area contributed by atoms with E-state index < -0.39 is 47.9 Å². The quantitative estimate of drug-likeness (QED) is 0.396. The molecule has 0 unspecified atom stereocenters. The topological polar surface area (TPSA) is 167 Å². The lowest BCUT2D eigenvalue weighted by atomic mass is 10.0. The number of hydrogen-bond acceptors (Lipinski definition) is 8. The summed E-state index contributed by atoms with van der Waals surface area (Å²) in [4.78, 5) is 22.2. The van der Waals surface area contributed by atoms with E-state index in [1.54, 1.807) is 0 Å². The van der Waals surface area contributed by atoms with Gasteiger partial charge in [-0.15, -0.1) is 0 Å². The lowest BCUT2D eigenvalue weighted by Gasteiger charge is -2.08. The van der Waals surface area contributed by atoms with Crippen LogP contribution in [-0.4, -0.2) is 44.0 Å². The molecule has 0 radical (unpaired) electrons. The Morgan fingerprint density at radius 2 is 1.14 bits per heavy atom. The third-order valence-electron chi connectivity index (χ3n) is 3.46. The van der Waals surface area contributed by atoms with Crippen LogP contribution >= 0.6 is 0 Å². The molecule has 0 fully saturated rings. The predicted octanol–water partition coefficient (Wildman–Crippen LogP) is 1.11. The average Bonchev–Trinajstić information content (AvgIpc) is 2.71. The standard InChI is InChI=1S/2C10H13NO3/c2*1-6(12)8(11)4-7-2-3-9(13)10(14)5-7/h2*2-3,5,8,13-14H,4,11H2,1H3/t2*8-/m11/s1/i2*4D,8D/t4-,8+;4-,8-/m01. The van der Waals surface area contributed by atoms with Gasteiger partial charge in [0.1, 0.15) is 11.6 Å². The van der Waals surface area contributed by atoms with Crippen LogP contribution in [0.25, 0.3) is 0 Å². The number of nitrogens with two attached hydrogens (primary N) is 2. The number of phenols is 4. The number of benzene rings is 2. The SMILES string of the molecule is [2H][C@@H](c1ccc(O)c(O)c1)[C@@]([2H])(N)C(C)=O.[2H][C@H](c1ccc(O)c(O)c1)[C@@]([2H])(N)C(C)=O. The van der Waals surface area contributed by atoms with Crippen molar-refractivity contribution in [3.8, 4) is 23.0 Å². The van der Waals surface area contributed by atoms with Gasteiger partial charge < -0.3 is 31.9 Å². The Morgan fingerprint density at radius 3 is 1.39 bits per heavy atom. The highest BCUT2D eigenvalue weighted by Crippen LogP contribution is 2.26. The van der Waals surface area contributed by atoms with Crippen LogP contribution in [-0.2, 0) is 22.4 Å². The van der Waals surface area contributed by atoms with Gasteiger partial charge in [-0.3, -0.25) is 9.59 Å². The number of hydrogen-bond donors (Lipinski definition) is 6. The van der Waals surface area contributed by atoms with Gasteiger partial charge in [-0.05, 0) is 62.0 Å². The van der Waals surface area contributed by atoms with Crippen molar-refractivity contribution in [2.45, 2.75) is 38.7 Å². The molecule has 152 valence electrons. The minimum Gasteiger partial charge on any atom is -0.504 e. The van der Waals surface area contributed by atoms with E-state index in [2.05, 4.69) is 0 Å². The summed E-state index contributed by atoms with van der Waals surface area (Å²) < 4.78 is 30.5. The summed E-state index contributed by atoms with van der Waals surface area (Å²) in [5.74, 6) is -2.75. The normalized spacial score (nSPS) is 19.0. The molecular formula is C20H26N2O6. The number of carbonyl (C=O) groups excluding carboxylic acids is 2. The van der Waals surface area contributed by atoms with Crippen LogP contribution in [0.2, 0.25) is 0 Å². The molecule has 0 heterocycles. The Balaban J connectivity index is 0.000000320. The van der Waals surface area contributed by atoms with Gasteiger partial charge in [0.15, 0.2) is 23.0 Å². The molecule has 0 aliphatic heterocycles. The number of carbonyl (C=O) groups is 2. The van der Waals surface area contributed by atoms with Gasteiger partial charge in [-0.25, -0.2) is 0 Å². The molecule has 0 aliphatic rings. The summed E-state index contributed by atoms with van der Waals surface area (Å²) in [7, 11) is 0. The molecule has 8 N–H and O–H groups in total. The first kappa shape index (κ1) is 17.0. The molecule has 0 saturated carbocycles. The highest BCUT2D eigenvalue weighted by atomic mass is 16.3. The number of rotatable bonds is 6. The molecule has 0 spiro atoms. The van der Waals surface area contributed by atoms with Gasteiger partial charge in [0, 0.05) is 2.74 Å². The minimum atomic E-state index is -2.07. The molecule has 0 aromatic heterocycles. The minimum absolute atomic E-state index is 0.197. The second-order valence-corrected chi connectivity index (χ2v) is 5.81. The second-order valence-electron chi connectivity index (χ2n) is 5.81.